The van der Waals surface area contributed by atoms with Gasteiger partial charge < -0.3 is 21.1 Å². The number of anilines is 2. The molecule has 100 valence electrons. The first-order chi connectivity index (χ1) is 8.54. The SMILES string of the molecule is COc1c(N2CCSC(C)C2)sc(C(N)=O)c1N. The number of thiophene rings is 1. The number of ether oxygens (including phenoxy) is 1. The van der Waals surface area contributed by atoms with E-state index in [1.165, 1.54) is 11.3 Å². The van der Waals surface area contributed by atoms with Crippen molar-refractivity contribution in [3.63, 3.8) is 0 Å². The molecule has 0 bridgehead atoms. The van der Waals surface area contributed by atoms with E-state index in [0.717, 1.165) is 23.8 Å². The van der Waals surface area contributed by atoms with Crippen molar-refractivity contribution >= 4 is 39.7 Å². The Hall–Kier alpha value is -1.08. The number of nitrogens with zero attached hydrogens (tertiary/aromatic N) is 1. The Morgan fingerprint density at radius 3 is 2.83 bits per heavy atom. The molecule has 18 heavy (non-hydrogen) atoms. The summed E-state index contributed by atoms with van der Waals surface area (Å²) in [7, 11) is 1.56. The molecule has 0 radical (unpaired) electrons. The minimum Gasteiger partial charge on any atom is -0.492 e. The Labute approximate surface area is 114 Å². The molecule has 1 unspecified atom stereocenters. The van der Waals surface area contributed by atoms with Gasteiger partial charge in [-0.05, 0) is 0 Å². The lowest BCUT2D eigenvalue weighted by atomic mass is 10.3. The molecule has 1 saturated heterocycles. The highest BCUT2D eigenvalue weighted by Gasteiger charge is 2.26. The molecule has 1 aromatic rings. The van der Waals surface area contributed by atoms with Crippen molar-refractivity contribution in [2.75, 3.05) is 36.6 Å². The number of primary amides is 1. The van der Waals surface area contributed by atoms with E-state index in [2.05, 4.69) is 11.8 Å². The molecular formula is C11H17N3O2S2. The third kappa shape index (κ3) is 2.37. The Bertz CT molecular complexity index is 461. The summed E-state index contributed by atoms with van der Waals surface area (Å²) in [6.45, 7) is 4.05. The van der Waals surface area contributed by atoms with Gasteiger partial charge in [-0.3, -0.25) is 4.79 Å². The van der Waals surface area contributed by atoms with Gasteiger partial charge in [0.15, 0.2) is 5.75 Å². The highest BCUT2D eigenvalue weighted by molar-refractivity contribution is 8.00. The number of amides is 1. The van der Waals surface area contributed by atoms with Crippen molar-refractivity contribution in [3.8, 4) is 5.75 Å². The van der Waals surface area contributed by atoms with Crippen molar-refractivity contribution in [2.45, 2.75) is 12.2 Å². The Morgan fingerprint density at radius 1 is 1.56 bits per heavy atom. The van der Waals surface area contributed by atoms with Crippen LogP contribution in [0.2, 0.25) is 0 Å². The second kappa shape index (κ2) is 5.27. The maximum absolute atomic E-state index is 11.3. The first-order valence-corrected chi connectivity index (χ1v) is 7.53. The molecular weight excluding hydrogens is 270 g/mol. The number of nitrogens with two attached hydrogens (primary N) is 2. The van der Waals surface area contributed by atoms with Crippen molar-refractivity contribution in [1.82, 2.24) is 0 Å². The van der Waals surface area contributed by atoms with E-state index < -0.39 is 5.91 Å². The summed E-state index contributed by atoms with van der Waals surface area (Å²) in [5.74, 6) is 1.14. The zero-order valence-corrected chi connectivity index (χ0v) is 12.1. The van der Waals surface area contributed by atoms with Gasteiger partial charge in [0.25, 0.3) is 5.91 Å². The summed E-state index contributed by atoms with van der Waals surface area (Å²) in [5, 5.41) is 1.47. The lowest BCUT2D eigenvalue weighted by Crippen LogP contribution is -2.36. The van der Waals surface area contributed by atoms with Gasteiger partial charge in [0.2, 0.25) is 0 Å². The molecule has 1 amide bonds. The van der Waals surface area contributed by atoms with Crippen molar-refractivity contribution in [3.05, 3.63) is 4.88 Å². The van der Waals surface area contributed by atoms with Crippen LogP contribution in [-0.2, 0) is 0 Å². The van der Waals surface area contributed by atoms with Gasteiger partial charge in [0.05, 0.1) is 7.11 Å². The van der Waals surface area contributed by atoms with Gasteiger partial charge in [-0.1, -0.05) is 6.92 Å². The van der Waals surface area contributed by atoms with Crippen molar-refractivity contribution in [1.29, 1.82) is 0 Å². The second-order valence-corrected chi connectivity index (χ2v) is 6.72. The molecule has 0 saturated carbocycles. The van der Waals surface area contributed by atoms with Crippen LogP contribution in [0.15, 0.2) is 0 Å². The monoisotopic (exact) mass is 287 g/mol. The molecule has 1 atom stereocenters. The van der Waals surface area contributed by atoms with E-state index in [1.807, 2.05) is 11.8 Å². The summed E-state index contributed by atoms with van der Waals surface area (Å²) >= 11 is 3.27. The summed E-state index contributed by atoms with van der Waals surface area (Å²) in [6.07, 6.45) is 0. The molecule has 0 aromatic carbocycles. The quantitative estimate of drug-likeness (QED) is 0.877. The van der Waals surface area contributed by atoms with Crippen LogP contribution in [0.25, 0.3) is 0 Å². The van der Waals surface area contributed by atoms with Crippen molar-refractivity contribution in [2.24, 2.45) is 5.73 Å². The van der Waals surface area contributed by atoms with Crippen LogP contribution in [0.1, 0.15) is 16.6 Å². The maximum atomic E-state index is 11.3. The molecule has 1 aliphatic rings. The fraction of sp³-hybridized carbons (Fsp3) is 0.545. The van der Waals surface area contributed by atoms with Gasteiger partial charge in [-0.25, -0.2) is 0 Å². The number of carbonyl (C=O) groups excluding carboxylic acids is 1. The van der Waals surface area contributed by atoms with Crippen LogP contribution < -0.4 is 21.1 Å². The number of thioether (sulfide) groups is 1. The summed E-state index contributed by atoms with van der Waals surface area (Å²) in [5.41, 5.74) is 11.6. The fourth-order valence-electron chi connectivity index (χ4n) is 2.01. The average molecular weight is 287 g/mol. The van der Waals surface area contributed by atoms with E-state index in [-0.39, 0.29) is 0 Å². The Kier molecular flexibility index (Phi) is 3.91. The summed E-state index contributed by atoms with van der Waals surface area (Å²) < 4.78 is 5.32. The van der Waals surface area contributed by atoms with Gasteiger partial charge in [-0.2, -0.15) is 11.8 Å². The molecule has 7 heteroatoms. The minimum atomic E-state index is -0.499. The average Bonchev–Trinajstić information content (AvgIpc) is 2.66. The van der Waals surface area contributed by atoms with Gasteiger partial charge in [-0.15, -0.1) is 11.3 Å². The summed E-state index contributed by atoms with van der Waals surface area (Å²) in [4.78, 5) is 13.9. The second-order valence-electron chi connectivity index (χ2n) is 4.17. The zero-order valence-electron chi connectivity index (χ0n) is 10.4. The fourth-order valence-corrected chi connectivity index (χ4v) is 4.10. The van der Waals surface area contributed by atoms with E-state index in [4.69, 9.17) is 16.2 Å². The van der Waals surface area contributed by atoms with E-state index in [9.17, 15) is 4.79 Å². The van der Waals surface area contributed by atoms with Crippen LogP contribution in [0, 0.1) is 0 Å². The zero-order chi connectivity index (χ0) is 13.3. The van der Waals surface area contributed by atoms with Gasteiger partial charge in [0, 0.05) is 24.1 Å². The third-order valence-corrected chi connectivity index (χ3v) is 5.24. The standard InChI is InChI=1S/C11H17N3O2S2/c1-6-5-14(3-4-17-6)11-8(16-2)7(12)9(18-11)10(13)15/h6H,3-5,12H2,1-2H3,(H2,13,15). The molecule has 1 fully saturated rings. The molecule has 0 spiro atoms. The normalized spacial score (nSPS) is 19.9. The van der Waals surface area contributed by atoms with E-state index in [0.29, 0.717) is 21.6 Å². The highest BCUT2D eigenvalue weighted by Crippen LogP contribution is 2.45. The number of nitrogen functional groups attached to an aromatic ring is 1. The Balaban J connectivity index is 2.37. The summed E-state index contributed by atoms with van der Waals surface area (Å²) in [6, 6.07) is 0. The Morgan fingerprint density at radius 2 is 2.28 bits per heavy atom. The molecule has 4 N–H and O–H groups in total. The molecule has 2 heterocycles. The maximum Gasteiger partial charge on any atom is 0.261 e. The number of hydrogen-bond acceptors (Lipinski definition) is 6. The molecule has 1 aliphatic heterocycles. The topological polar surface area (TPSA) is 81.6 Å². The predicted molar refractivity (Wildman–Crippen MR) is 77.9 cm³/mol. The molecule has 0 aliphatic carbocycles. The smallest absolute Gasteiger partial charge is 0.261 e. The first kappa shape index (κ1) is 13.4. The van der Waals surface area contributed by atoms with Crippen LogP contribution in [0.4, 0.5) is 10.7 Å². The largest absolute Gasteiger partial charge is 0.492 e. The van der Waals surface area contributed by atoms with E-state index in [1.54, 1.807) is 7.11 Å². The molecule has 2 rings (SSSR count). The van der Waals surface area contributed by atoms with Crippen molar-refractivity contribution < 1.29 is 9.53 Å². The number of rotatable bonds is 3. The van der Waals surface area contributed by atoms with Crippen LogP contribution >= 0.6 is 23.1 Å². The minimum absolute atomic E-state index is 0.357. The van der Waals surface area contributed by atoms with E-state index >= 15 is 0 Å². The van der Waals surface area contributed by atoms with Crippen LogP contribution in [-0.4, -0.2) is 37.1 Å². The molecule has 5 nitrogen and oxygen atoms in total. The lowest BCUT2D eigenvalue weighted by Gasteiger charge is -2.31. The highest BCUT2D eigenvalue weighted by atomic mass is 32.2. The predicted octanol–water partition coefficient (Wildman–Crippen LogP) is 1.38. The first-order valence-electron chi connectivity index (χ1n) is 5.67. The lowest BCUT2D eigenvalue weighted by molar-refractivity contribution is 0.100. The van der Waals surface area contributed by atoms with Crippen LogP contribution in [0.5, 0.6) is 5.75 Å². The van der Waals surface area contributed by atoms with Gasteiger partial charge >= 0.3 is 0 Å². The number of methoxy groups -OCH3 is 1. The third-order valence-electron chi connectivity index (χ3n) is 2.84. The number of carbonyl (C=O) groups is 1. The molecule has 1 aromatic heterocycles. The number of hydrogen-bond donors (Lipinski definition) is 2. The van der Waals surface area contributed by atoms with Gasteiger partial charge in [0.1, 0.15) is 15.6 Å². The van der Waals surface area contributed by atoms with Crippen LogP contribution in [0.3, 0.4) is 0 Å².